The molecule has 0 radical (unpaired) electrons. The summed E-state index contributed by atoms with van der Waals surface area (Å²) in [7, 11) is 0. The van der Waals surface area contributed by atoms with Gasteiger partial charge in [-0.2, -0.15) is 0 Å². The topological polar surface area (TPSA) is 66.8 Å². The first-order chi connectivity index (χ1) is 15.4. The lowest BCUT2D eigenvalue weighted by atomic mass is 9.93. The van der Waals surface area contributed by atoms with Crippen molar-refractivity contribution in [2.75, 3.05) is 6.54 Å². The monoisotopic (exact) mass is 435 g/mol. The lowest BCUT2D eigenvalue weighted by Gasteiger charge is -2.27. The Balaban J connectivity index is 1.91. The number of aliphatic hydroxyl groups excluding tert-OH is 1. The molecule has 0 bridgehead atoms. The number of aryl methyl sites for hydroxylation is 1. The highest BCUT2D eigenvalue weighted by molar-refractivity contribution is 6.09. The van der Waals surface area contributed by atoms with Crippen molar-refractivity contribution in [2.45, 2.75) is 65.0 Å². The number of benzene rings is 2. The number of aliphatic hydroxyl groups is 1. The van der Waals surface area contributed by atoms with Gasteiger partial charge in [0.05, 0.1) is 17.7 Å². The van der Waals surface area contributed by atoms with Crippen molar-refractivity contribution in [1.29, 1.82) is 0 Å². The lowest BCUT2D eigenvalue weighted by molar-refractivity contribution is -0.129. The summed E-state index contributed by atoms with van der Waals surface area (Å²) in [6.07, 6.45) is 3.62. The van der Waals surface area contributed by atoms with Crippen molar-refractivity contribution in [3.8, 4) is 5.75 Å². The number of carbonyl (C=O) groups is 2. The highest BCUT2D eigenvalue weighted by Gasteiger charge is 2.42. The maximum absolute atomic E-state index is 13.3. The highest BCUT2D eigenvalue weighted by atomic mass is 16.5. The minimum atomic E-state index is -0.599. The van der Waals surface area contributed by atoms with Crippen molar-refractivity contribution < 1.29 is 19.4 Å². The number of ketones is 1. The molecule has 2 aromatic carbocycles. The smallest absolute Gasteiger partial charge is 0.290 e. The van der Waals surface area contributed by atoms with Crippen molar-refractivity contribution in [2.24, 2.45) is 0 Å². The van der Waals surface area contributed by atoms with Crippen LogP contribution in [0, 0.1) is 0 Å². The van der Waals surface area contributed by atoms with Crippen LogP contribution >= 0.6 is 0 Å². The van der Waals surface area contributed by atoms with Gasteiger partial charge in [0.25, 0.3) is 5.91 Å². The Morgan fingerprint density at radius 2 is 1.84 bits per heavy atom. The molecular weight excluding hydrogens is 402 g/mol. The molecule has 1 atom stereocenters. The Morgan fingerprint density at radius 3 is 2.53 bits per heavy atom. The quantitative estimate of drug-likeness (QED) is 0.469. The number of rotatable bonds is 11. The van der Waals surface area contributed by atoms with E-state index < -0.39 is 17.7 Å². The molecule has 1 heterocycles. The van der Waals surface area contributed by atoms with Gasteiger partial charge in [-0.3, -0.25) is 9.59 Å². The van der Waals surface area contributed by atoms with E-state index >= 15 is 0 Å². The molecule has 0 aromatic heterocycles. The normalized spacial score (nSPS) is 16.2. The summed E-state index contributed by atoms with van der Waals surface area (Å²) in [6, 6.07) is 16.7. The number of nitrogens with zero attached hydrogens (tertiary/aromatic N) is 1. The Kier molecular flexibility index (Phi) is 8.09. The third-order valence-electron chi connectivity index (χ3n) is 5.64. The number of unbranched alkanes of at least 4 members (excludes halogenated alkanes) is 2. The Bertz CT molecular complexity index is 965. The second-order valence-corrected chi connectivity index (χ2v) is 8.52. The molecule has 1 aliphatic rings. The number of ether oxygens (including phenoxy) is 1. The van der Waals surface area contributed by atoms with E-state index in [2.05, 4.69) is 6.92 Å². The van der Waals surface area contributed by atoms with Crippen LogP contribution in [0.15, 0.2) is 65.9 Å². The average molecular weight is 436 g/mol. The Morgan fingerprint density at radius 1 is 1.09 bits per heavy atom. The Labute approximate surface area is 190 Å². The first kappa shape index (κ1) is 23.6. The fourth-order valence-corrected chi connectivity index (χ4v) is 4.12. The van der Waals surface area contributed by atoms with Crippen LogP contribution in [0.3, 0.4) is 0 Å². The number of carbonyl (C=O) groups excluding carboxylic acids is 2. The van der Waals surface area contributed by atoms with Crippen molar-refractivity contribution in [3.05, 3.63) is 77.1 Å². The van der Waals surface area contributed by atoms with Gasteiger partial charge < -0.3 is 14.7 Å². The van der Waals surface area contributed by atoms with Gasteiger partial charge in [-0.05, 0) is 49.9 Å². The van der Waals surface area contributed by atoms with E-state index in [1.807, 2.05) is 68.4 Å². The molecule has 5 heteroatoms. The number of hydrogen-bond donors (Lipinski definition) is 1. The van der Waals surface area contributed by atoms with E-state index in [1.165, 1.54) is 0 Å². The molecule has 0 aliphatic carbocycles. The molecule has 3 rings (SSSR count). The molecule has 1 N–H and O–H groups in total. The summed E-state index contributed by atoms with van der Waals surface area (Å²) in [5.41, 5.74) is 2.03. The van der Waals surface area contributed by atoms with Crippen LogP contribution in [0.4, 0.5) is 0 Å². The second-order valence-electron chi connectivity index (χ2n) is 8.52. The number of hydrogen-bond acceptors (Lipinski definition) is 4. The van der Waals surface area contributed by atoms with Gasteiger partial charge in [0.1, 0.15) is 5.75 Å². The zero-order chi connectivity index (χ0) is 23.1. The van der Waals surface area contributed by atoms with E-state index in [1.54, 1.807) is 4.90 Å². The lowest BCUT2D eigenvalue weighted by Crippen LogP contribution is -2.32. The van der Waals surface area contributed by atoms with Gasteiger partial charge in [0, 0.05) is 13.0 Å². The van der Waals surface area contributed by atoms with E-state index in [-0.39, 0.29) is 23.9 Å². The summed E-state index contributed by atoms with van der Waals surface area (Å²) in [4.78, 5) is 27.9. The molecule has 2 aromatic rings. The third-order valence-corrected chi connectivity index (χ3v) is 5.64. The molecular formula is C27H33NO4. The largest absolute Gasteiger partial charge is 0.503 e. The average Bonchev–Trinajstić information content (AvgIpc) is 3.03. The Hall–Kier alpha value is -3.08. The SMILES string of the molecule is CCCCCN1C(=O)C(O)=C(C(=O)CCc2ccccc2)C1c1cccc(OC(C)C)c1. The van der Waals surface area contributed by atoms with Gasteiger partial charge in [0.2, 0.25) is 0 Å². The van der Waals surface area contributed by atoms with Crippen molar-refractivity contribution >= 4 is 11.7 Å². The van der Waals surface area contributed by atoms with Crippen LogP contribution < -0.4 is 4.74 Å². The van der Waals surface area contributed by atoms with Gasteiger partial charge in [-0.25, -0.2) is 0 Å². The van der Waals surface area contributed by atoms with Crippen LogP contribution in [0.2, 0.25) is 0 Å². The number of amides is 1. The summed E-state index contributed by atoms with van der Waals surface area (Å²) >= 11 is 0. The van der Waals surface area contributed by atoms with E-state index in [4.69, 9.17) is 4.74 Å². The minimum Gasteiger partial charge on any atom is -0.503 e. The molecule has 0 fully saturated rings. The maximum Gasteiger partial charge on any atom is 0.290 e. The van der Waals surface area contributed by atoms with Crippen molar-refractivity contribution in [3.63, 3.8) is 0 Å². The molecule has 0 saturated carbocycles. The van der Waals surface area contributed by atoms with Gasteiger partial charge in [-0.1, -0.05) is 62.2 Å². The summed E-state index contributed by atoms with van der Waals surface area (Å²) in [5, 5.41) is 10.7. The minimum absolute atomic E-state index is 0.00652. The van der Waals surface area contributed by atoms with Crippen molar-refractivity contribution in [1.82, 2.24) is 4.90 Å². The highest BCUT2D eigenvalue weighted by Crippen LogP contribution is 2.39. The van der Waals surface area contributed by atoms with E-state index in [0.29, 0.717) is 18.7 Å². The molecule has 0 saturated heterocycles. The fourth-order valence-electron chi connectivity index (χ4n) is 4.12. The van der Waals surface area contributed by atoms with Crippen LogP contribution in [0.5, 0.6) is 5.75 Å². The van der Waals surface area contributed by atoms with Crippen LogP contribution in [0.1, 0.15) is 63.6 Å². The predicted molar refractivity (Wildman–Crippen MR) is 126 cm³/mol. The summed E-state index contributed by atoms with van der Waals surface area (Å²) in [5.74, 6) is -0.400. The van der Waals surface area contributed by atoms with Gasteiger partial charge in [-0.15, -0.1) is 0 Å². The second kappa shape index (κ2) is 11.0. The van der Waals surface area contributed by atoms with E-state index in [9.17, 15) is 14.7 Å². The van der Waals surface area contributed by atoms with Crippen LogP contribution in [-0.2, 0) is 16.0 Å². The third kappa shape index (κ3) is 5.58. The number of Topliss-reactive ketones (excluding diaryl/α,β-unsaturated/α-hetero) is 1. The molecule has 1 amide bonds. The molecule has 170 valence electrons. The van der Waals surface area contributed by atoms with Crippen LogP contribution in [-0.4, -0.2) is 34.3 Å². The zero-order valence-electron chi connectivity index (χ0n) is 19.2. The first-order valence-electron chi connectivity index (χ1n) is 11.5. The molecule has 1 unspecified atom stereocenters. The van der Waals surface area contributed by atoms with E-state index in [0.717, 1.165) is 30.4 Å². The predicted octanol–water partition coefficient (Wildman–Crippen LogP) is 5.56. The van der Waals surface area contributed by atoms with Gasteiger partial charge in [0.15, 0.2) is 11.5 Å². The molecule has 32 heavy (non-hydrogen) atoms. The first-order valence-corrected chi connectivity index (χ1v) is 11.5. The standard InChI is InChI=1S/C27H33NO4/c1-4-5-9-17-28-25(21-13-10-14-22(18-21)32-19(2)3)24(26(30)27(28)31)23(29)16-15-20-11-7-6-8-12-20/h6-8,10-14,18-19,25,30H,4-5,9,15-17H2,1-3H3. The molecule has 1 aliphatic heterocycles. The molecule has 5 nitrogen and oxygen atoms in total. The maximum atomic E-state index is 13.3. The zero-order valence-corrected chi connectivity index (χ0v) is 19.2. The summed E-state index contributed by atoms with van der Waals surface area (Å²) < 4.78 is 5.84. The summed E-state index contributed by atoms with van der Waals surface area (Å²) in [6.45, 7) is 6.50. The van der Waals surface area contributed by atoms with Crippen LogP contribution in [0.25, 0.3) is 0 Å². The fraction of sp³-hybridized carbons (Fsp3) is 0.407. The van der Waals surface area contributed by atoms with Gasteiger partial charge >= 0.3 is 0 Å². The molecule has 0 spiro atoms.